The second-order valence-electron chi connectivity index (χ2n) is 6.65. The summed E-state index contributed by atoms with van der Waals surface area (Å²) in [6.07, 6.45) is 0. The van der Waals surface area contributed by atoms with Crippen LogP contribution < -0.4 is 5.56 Å². The molecule has 0 aliphatic heterocycles. The van der Waals surface area contributed by atoms with Crippen LogP contribution in [0, 0.1) is 24.0 Å². The molecule has 0 saturated carbocycles. The van der Waals surface area contributed by atoms with E-state index in [1.807, 2.05) is 29.6 Å². The summed E-state index contributed by atoms with van der Waals surface area (Å²) in [5, 5.41) is 24.6. The lowest BCUT2D eigenvalue weighted by atomic mass is 10.2. The number of nitro benzene ring substituents is 1. The molecule has 0 fully saturated rings. The molecule has 4 rings (SSSR count). The van der Waals surface area contributed by atoms with E-state index in [-0.39, 0.29) is 17.1 Å². The molecule has 156 valence electrons. The van der Waals surface area contributed by atoms with Crippen LogP contribution in [-0.2, 0) is 0 Å². The number of rotatable bonds is 5. The number of thiazole rings is 1. The van der Waals surface area contributed by atoms with Crippen molar-refractivity contribution in [3.8, 4) is 16.4 Å². The van der Waals surface area contributed by atoms with Crippen LogP contribution in [0.2, 0.25) is 0 Å². The summed E-state index contributed by atoms with van der Waals surface area (Å²) in [6.45, 7) is 3.38. The van der Waals surface area contributed by atoms with E-state index in [2.05, 4.69) is 36.2 Å². The van der Waals surface area contributed by atoms with Crippen molar-refractivity contribution in [3.05, 3.63) is 84.0 Å². The first-order valence-corrected chi connectivity index (χ1v) is 10.7. The van der Waals surface area contributed by atoms with Gasteiger partial charge in [-0.2, -0.15) is 4.68 Å². The van der Waals surface area contributed by atoms with Crippen molar-refractivity contribution in [2.24, 2.45) is 10.2 Å². The fourth-order valence-electron chi connectivity index (χ4n) is 2.93. The minimum atomic E-state index is -0.525. The molecule has 0 atom stereocenters. The largest absolute Gasteiger partial charge is 0.301 e. The van der Waals surface area contributed by atoms with Crippen LogP contribution in [-0.4, -0.2) is 19.7 Å². The average molecular weight is 499 g/mol. The highest BCUT2D eigenvalue weighted by Gasteiger charge is 2.18. The van der Waals surface area contributed by atoms with Gasteiger partial charge in [-0.05, 0) is 31.5 Å². The standard InChI is InChI=1S/C20H15BrN6O3S/c1-11-4-3-5-16(27(29)30)17(11)23-24-18-12(2)25-26(19(18)28)20-22-15(10-31-20)13-6-8-14(21)9-7-13/h3-10,25H,1-2H3. The molecule has 0 spiro atoms. The third-order valence-corrected chi connectivity index (χ3v) is 5.88. The molecular weight excluding hydrogens is 484 g/mol. The van der Waals surface area contributed by atoms with Gasteiger partial charge >= 0.3 is 5.56 Å². The normalized spacial score (nSPS) is 11.3. The van der Waals surface area contributed by atoms with Crippen molar-refractivity contribution in [3.63, 3.8) is 0 Å². The number of nitrogens with zero attached hydrogens (tertiary/aromatic N) is 5. The van der Waals surface area contributed by atoms with Gasteiger partial charge < -0.3 is 0 Å². The molecule has 0 aliphatic carbocycles. The maximum Gasteiger partial charge on any atom is 0.301 e. The lowest BCUT2D eigenvalue weighted by Gasteiger charge is -1.99. The van der Waals surface area contributed by atoms with Gasteiger partial charge in [-0.15, -0.1) is 21.6 Å². The van der Waals surface area contributed by atoms with E-state index in [4.69, 9.17) is 0 Å². The number of azo groups is 1. The number of halogens is 1. The summed E-state index contributed by atoms with van der Waals surface area (Å²) in [5.74, 6) is 0. The maximum atomic E-state index is 12.9. The van der Waals surface area contributed by atoms with Crippen molar-refractivity contribution in [2.75, 3.05) is 0 Å². The summed E-state index contributed by atoms with van der Waals surface area (Å²) < 4.78 is 2.26. The zero-order valence-electron chi connectivity index (χ0n) is 16.4. The Labute approximate surface area is 188 Å². The van der Waals surface area contributed by atoms with Gasteiger partial charge in [0.25, 0.3) is 5.69 Å². The first-order valence-electron chi connectivity index (χ1n) is 9.04. The van der Waals surface area contributed by atoms with Crippen LogP contribution in [0.1, 0.15) is 11.3 Å². The van der Waals surface area contributed by atoms with E-state index in [9.17, 15) is 14.9 Å². The number of hydrogen-bond donors (Lipinski definition) is 1. The molecule has 11 heteroatoms. The van der Waals surface area contributed by atoms with E-state index >= 15 is 0 Å². The predicted octanol–water partition coefficient (Wildman–Crippen LogP) is 5.99. The molecular formula is C20H15BrN6O3S. The molecule has 4 aromatic rings. The topological polar surface area (TPSA) is 119 Å². The highest BCUT2D eigenvalue weighted by molar-refractivity contribution is 9.10. The number of aromatic nitrogens is 3. The van der Waals surface area contributed by atoms with Gasteiger partial charge in [0.15, 0.2) is 11.4 Å². The van der Waals surface area contributed by atoms with Gasteiger partial charge in [-0.25, -0.2) is 4.98 Å². The molecule has 31 heavy (non-hydrogen) atoms. The lowest BCUT2D eigenvalue weighted by Crippen LogP contribution is -2.13. The molecule has 0 aliphatic rings. The van der Waals surface area contributed by atoms with Gasteiger partial charge in [0, 0.05) is 21.5 Å². The summed E-state index contributed by atoms with van der Waals surface area (Å²) in [5.41, 5.74) is 2.31. The van der Waals surface area contributed by atoms with Crippen molar-refractivity contribution in [2.45, 2.75) is 13.8 Å². The Bertz CT molecular complexity index is 1370. The van der Waals surface area contributed by atoms with Gasteiger partial charge in [0.05, 0.1) is 16.3 Å². The fraction of sp³-hybridized carbons (Fsp3) is 0.100. The molecule has 1 N–H and O–H groups in total. The minimum Gasteiger partial charge on any atom is -0.291 e. The lowest BCUT2D eigenvalue weighted by molar-refractivity contribution is -0.384. The number of benzene rings is 2. The summed E-state index contributed by atoms with van der Waals surface area (Å²) >= 11 is 4.71. The molecule has 0 unspecified atom stereocenters. The monoisotopic (exact) mass is 498 g/mol. The van der Waals surface area contributed by atoms with Crippen molar-refractivity contribution in [1.82, 2.24) is 14.8 Å². The second kappa shape index (κ2) is 8.36. The molecule has 0 radical (unpaired) electrons. The predicted molar refractivity (Wildman–Crippen MR) is 122 cm³/mol. The Kier molecular flexibility index (Phi) is 5.61. The van der Waals surface area contributed by atoms with E-state index in [1.54, 1.807) is 26.0 Å². The SMILES string of the molecule is Cc1cccc([N+](=O)[O-])c1N=Nc1c(C)[nH]n(-c2nc(-c3ccc(Br)cc3)cs2)c1=O. The van der Waals surface area contributed by atoms with Crippen LogP contribution in [0.25, 0.3) is 16.4 Å². The van der Waals surface area contributed by atoms with E-state index < -0.39 is 10.5 Å². The molecule has 0 bridgehead atoms. The zero-order chi connectivity index (χ0) is 22.1. The van der Waals surface area contributed by atoms with Gasteiger partial charge in [0.2, 0.25) is 5.13 Å². The Hall–Kier alpha value is -3.44. The molecule has 2 aromatic heterocycles. The Balaban J connectivity index is 1.70. The van der Waals surface area contributed by atoms with Gasteiger partial charge in [-0.1, -0.05) is 40.2 Å². The van der Waals surface area contributed by atoms with Crippen molar-refractivity contribution < 1.29 is 4.92 Å². The molecule has 2 aromatic carbocycles. The quantitative estimate of drug-likeness (QED) is 0.206. The second-order valence-corrected chi connectivity index (χ2v) is 8.40. The summed E-state index contributed by atoms with van der Waals surface area (Å²) in [6, 6.07) is 12.3. The summed E-state index contributed by atoms with van der Waals surface area (Å²) in [4.78, 5) is 28.2. The zero-order valence-corrected chi connectivity index (χ0v) is 18.8. The Morgan fingerprint density at radius 2 is 1.84 bits per heavy atom. The number of nitrogens with one attached hydrogen (secondary N) is 1. The number of aromatic amines is 1. The van der Waals surface area contributed by atoms with Crippen LogP contribution in [0.15, 0.2) is 67.3 Å². The average Bonchev–Trinajstić information content (AvgIpc) is 3.32. The Morgan fingerprint density at radius 3 is 2.55 bits per heavy atom. The molecule has 9 nitrogen and oxygen atoms in total. The van der Waals surface area contributed by atoms with Crippen LogP contribution in [0.5, 0.6) is 0 Å². The Morgan fingerprint density at radius 1 is 1.13 bits per heavy atom. The third kappa shape index (κ3) is 4.09. The van der Waals surface area contributed by atoms with Crippen LogP contribution in [0.3, 0.4) is 0 Å². The number of hydrogen-bond acceptors (Lipinski definition) is 7. The van der Waals surface area contributed by atoms with E-state index in [0.29, 0.717) is 16.4 Å². The number of H-pyrrole nitrogens is 1. The molecule has 0 saturated heterocycles. The van der Waals surface area contributed by atoms with E-state index in [1.165, 1.54) is 22.1 Å². The maximum absolute atomic E-state index is 12.9. The van der Waals surface area contributed by atoms with E-state index in [0.717, 1.165) is 15.7 Å². The van der Waals surface area contributed by atoms with Crippen molar-refractivity contribution in [1.29, 1.82) is 0 Å². The molecule has 0 amide bonds. The fourth-order valence-corrected chi connectivity index (χ4v) is 3.99. The van der Waals surface area contributed by atoms with Crippen molar-refractivity contribution >= 4 is 44.3 Å². The van der Waals surface area contributed by atoms with Crippen LogP contribution in [0.4, 0.5) is 17.1 Å². The highest BCUT2D eigenvalue weighted by Crippen LogP contribution is 2.32. The first kappa shape index (κ1) is 20.8. The highest BCUT2D eigenvalue weighted by atomic mass is 79.9. The number of nitro groups is 1. The third-order valence-electron chi connectivity index (χ3n) is 4.53. The first-order chi connectivity index (χ1) is 14.8. The molecule has 2 heterocycles. The van der Waals surface area contributed by atoms with Gasteiger partial charge in [-0.3, -0.25) is 20.0 Å². The number of aryl methyl sites for hydroxylation is 2. The smallest absolute Gasteiger partial charge is 0.291 e. The minimum absolute atomic E-state index is 0.0675. The van der Waals surface area contributed by atoms with Crippen LogP contribution >= 0.6 is 27.3 Å². The summed E-state index contributed by atoms with van der Waals surface area (Å²) in [7, 11) is 0. The van der Waals surface area contributed by atoms with Gasteiger partial charge in [0.1, 0.15) is 0 Å².